The zero-order valence-corrected chi connectivity index (χ0v) is 7.03. The molecule has 1 aliphatic rings. The molecule has 0 aliphatic carbocycles. The van der Waals surface area contributed by atoms with Gasteiger partial charge in [-0.3, -0.25) is 0 Å². The predicted molar refractivity (Wildman–Crippen MR) is 39.0 cm³/mol. The Hall–Kier alpha value is -0.160. The van der Waals surface area contributed by atoms with Gasteiger partial charge < -0.3 is 0 Å². The summed E-state index contributed by atoms with van der Waals surface area (Å²) in [7, 11) is -3.18. The lowest BCUT2D eigenvalue weighted by atomic mass is 10.7. The fourth-order valence-electron chi connectivity index (χ4n) is 0.413. The molecule has 0 aromatic carbocycles. The molecule has 3 nitrogen and oxygen atoms in total. The van der Waals surface area contributed by atoms with Crippen LogP contribution >= 0.6 is 15.9 Å². The van der Waals surface area contributed by atoms with Gasteiger partial charge in [0.15, 0.2) is 0 Å². The van der Waals surface area contributed by atoms with E-state index in [0.717, 1.165) is 0 Å². The fraction of sp³-hybridized carbons (Fsp3) is 0.250. The molecule has 50 valence electrons. The highest BCUT2D eigenvalue weighted by Gasteiger charge is 2.23. The first-order chi connectivity index (χ1) is 4.05. The molecule has 0 unspecified atom stereocenters. The topological polar surface area (TPSA) is 46.5 Å². The summed E-state index contributed by atoms with van der Waals surface area (Å²) in [6, 6.07) is 0. The van der Waals surface area contributed by atoms with Crippen LogP contribution in [0.3, 0.4) is 0 Å². The van der Waals surface area contributed by atoms with E-state index in [-0.39, 0.29) is 8.86 Å². The molecular formula is C4H4BrNO2S. The van der Waals surface area contributed by atoms with Crippen LogP contribution in [-0.2, 0) is 9.84 Å². The Morgan fingerprint density at radius 2 is 2.22 bits per heavy atom. The van der Waals surface area contributed by atoms with Crippen LogP contribution in [0, 0.1) is 0 Å². The van der Waals surface area contributed by atoms with Crippen LogP contribution in [0.2, 0.25) is 0 Å². The Morgan fingerprint density at radius 3 is 2.33 bits per heavy atom. The quantitative estimate of drug-likeness (QED) is 0.599. The zero-order chi connectivity index (χ0) is 7.07. The maximum atomic E-state index is 10.8. The predicted octanol–water partition coefficient (Wildman–Crippen LogP) is 1.03. The van der Waals surface area contributed by atoms with Crippen molar-refractivity contribution in [1.82, 2.24) is 0 Å². The molecule has 9 heavy (non-hydrogen) atoms. The first-order valence-electron chi connectivity index (χ1n) is 2.20. The van der Waals surface area contributed by atoms with Crippen LogP contribution in [0.1, 0.15) is 6.92 Å². The van der Waals surface area contributed by atoms with E-state index in [4.69, 9.17) is 0 Å². The molecule has 1 aliphatic heterocycles. The highest BCUT2D eigenvalue weighted by molar-refractivity contribution is 9.21. The number of sulfone groups is 1. The summed E-state index contributed by atoms with van der Waals surface area (Å²) in [6.45, 7) is 1.51. The third kappa shape index (κ3) is 0.943. The molecule has 1 rings (SSSR count). The molecule has 0 aromatic heterocycles. The maximum absolute atomic E-state index is 10.8. The van der Waals surface area contributed by atoms with Crippen LogP contribution < -0.4 is 0 Å². The highest BCUT2D eigenvalue weighted by atomic mass is 79.9. The highest BCUT2D eigenvalue weighted by Crippen LogP contribution is 2.18. The van der Waals surface area contributed by atoms with Gasteiger partial charge in [0.1, 0.15) is 0 Å². The summed E-state index contributed by atoms with van der Waals surface area (Å²) >= 11 is 2.81. The van der Waals surface area contributed by atoms with Crippen molar-refractivity contribution >= 4 is 29.7 Å². The number of rotatable bonds is 0. The molecule has 0 saturated carbocycles. The molecule has 0 atom stereocenters. The number of hydrogen-bond acceptors (Lipinski definition) is 3. The van der Waals surface area contributed by atoms with Gasteiger partial charge in [0.05, 0.1) is 4.91 Å². The third-order valence-electron chi connectivity index (χ3n) is 0.993. The third-order valence-corrected chi connectivity index (χ3v) is 3.98. The average molecular weight is 210 g/mol. The second-order valence-corrected chi connectivity index (χ2v) is 4.94. The maximum Gasteiger partial charge on any atom is 0.227 e. The number of aliphatic imine (C=N–C) groups is 1. The van der Waals surface area contributed by atoms with Gasteiger partial charge in [0, 0.05) is 6.20 Å². The summed E-state index contributed by atoms with van der Waals surface area (Å²) in [5.41, 5.74) is 0. The van der Waals surface area contributed by atoms with Crippen molar-refractivity contribution in [3.63, 3.8) is 0 Å². The van der Waals surface area contributed by atoms with Crippen LogP contribution in [0.25, 0.3) is 0 Å². The van der Waals surface area contributed by atoms with E-state index in [1.807, 2.05) is 0 Å². The average Bonchev–Trinajstić information content (AvgIpc) is 1.96. The van der Waals surface area contributed by atoms with E-state index < -0.39 is 9.84 Å². The van der Waals surface area contributed by atoms with Crippen molar-refractivity contribution in [2.24, 2.45) is 4.99 Å². The molecule has 0 N–H and O–H groups in total. The van der Waals surface area contributed by atoms with Gasteiger partial charge in [-0.05, 0) is 22.9 Å². The van der Waals surface area contributed by atoms with Crippen molar-refractivity contribution in [2.45, 2.75) is 6.92 Å². The molecular weight excluding hydrogens is 206 g/mol. The Labute approximate surface area is 61.5 Å². The zero-order valence-electron chi connectivity index (χ0n) is 4.63. The van der Waals surface area contributed by atoms with Crippen molar-refractivity contribution in [3.8, 4) is 0 Å². The minimum Gasteiger partial charge on any atom is -0.236 e. The van der Waals surface area contributed by atoms with Crippen LogP contribution in [0.5, 0.6) is 0 Å². The molecule has 0 amide bonds. The lowest BCUT2D eigenvalue weighted by Gasteiger charge is -1.89. The fourth-order valence-corrected chi connectivity index (χ4v) is 1.93. The van der Waals surface area contributed by atoms with E-state index in [0.29, 0.717) is 0 Å². The van der Waals surface area contributed by atoms with E-state index in [9.17, 15) is 8.42 Å². The van der Waals surface area contributed by atoms with E-state index in [2.05, 4.69) is 20.9 Å². The van der Waals surface area contributed by atoms with Crippen molar-refractivity contribution in [2.75, 3.05) is 0 Å². The number of hydrogen-bond donors (Lipinski definition) is 0. The van der Waals surface area contributed by atoms with Gasteiger partial charge in [-0.1, -0.05) is 0 Å². The summed E-state index contributed by atoms with van der Waals surface area (Å²) in [5, 5.41) is 0. The van der Waals surface area contributed by atoms with Gasteiger partial charge in [0.2, 0.25) is 13.8 Å². The molecule has 0 fully saturated rings. The minimum absolute atomic E-state index is 0.00694. The van der Waals surface area contributed by atoms with Gasteiger partial charge in [-0.2, -0.15) is 0 Å². The minimum atomic E-state index is -3.18. The van der Waals surface area contributed by atoms with Gasteiger partial charge in [-0.15, -0.1) is 0 Å². The second kappa shape index (κ2) is 1.91. The number of halogens is 1. The van der Waals surface area contributed by atoms with Crippen molar-refractivity contribution in [1.29, 1.82) is 0 Å². The van der Waals surface area contributed by atoms with Gasteiger partial charge in [-0.25, -0.2) is 13.4 Å². The Bertz CT molecular complexity index is 264. The van der Waals surface area contributed by atoms with Crippen LogP contribution in [0.4, 0.5) is 0 Å². The lowest BCUT2D eigenvalue weighted by Crippen LogP contribution is -2.03. The van der Waals surface area contributed by atoms with E-state index in [1.54, 1.807) is 0 Å². The summed E-state index contributed by atoms with van der Waals surface area (Å²) < 4.78 is 21.7. The summed E-state index contributed by atoms with van der Waals surface area (Å²) in [6.07, 6.45) is 1.32. The van der Waals surface area contributed by atoms with E-state index >= 15 is 0 Å². The standard InChI is InChI=1S/C4H4BrNO2S/c1-3-2-6-4(5)9(3,7)8/h2H,1H3. The Balaban J connectivity index is 3.29. The molecule has 5 heteroatoms. The van der Waals surface area contributed by atoms with Crippen molar-refractivity contribution in [3.05, 3.63) is 11.1 Å². The first-order valence-corrected chi connectivity index (χ1v) is 4.48. The van der Waals surface area contributed by atoms with Gasteiger partial charge >= 0.3 is 0 Å². The van der Waals surface area contributed by atoms with Gasteiger partial charge in [0.25, 0.3) is 0 Å². The smallest absolute Gasteiger partial charge is 0.227 e. The Morgan fingerprint density at radius 1 is 1.67 bits per heavy atom. The molecule has 0 bridgehead atoms. The second-order valence-electron chi connectivity index (χ2n) is 1.63. The first kappa shape index (κ1) is 6.95. The normalized spacial score (nSPS) is 23.3. The summed E-state index contributed by atoms with van der Waals surface area (Å²) in [4.78, 5) is 3.84. The molecule has 0 radical (unpaired) electrons. The lowest BCUT2D eigenvalue weighted by molar-refractivity contribution is 0.614. The number of nitrogens with zero attached hydrogens (tertiary/aromatic N) is 1. The Kier molecular flexibility index (Phi) is 1.48. The largest absolute Gasteiger partial charge is 0.236 e. The molecule has 0 spiro atoms. The SMILES string of the molecule is CC1=CN=C(Br)S1(=O)=O. The molecule has 1 heterocycles. The van der Waals surface area contributed by atoms with Crippen LogP contribution in [0.15, 0.2) is 16.1 Å². The number of allylic oxidation sites excluding steroid dienone is 1. The van der Waals surface area contributed by atoms with E-state index in [1.165, 1.54) is 13.1 Å². The summed E-state index contributed by atoms with van der Waals surface area (Å²) in [5.74, 6) is 0. The monoisotopic (exact) mass is 209 g/mol. The molecule has 0 aromatic rings. The molecule has 0 saturated heterocycles. The van der Waals surface area contributed by atoms with Crippen LogP contribution in [-0.4, -0.2) is 12.4 Å². The van der Waals surface area contributed by atoms with Crippen molar-refractivity contribution < 1.29 is 8.42 Å².